The van der Waals surface area contributed by atoms with Crippen molar-refractivity contribution in [2.75, 3.05) is 0 Å². The quantitative estimate of drug-likeness (QED) is 0.589. The molecule has 0 atom stereocenters. The summed E-state index contributed by atoms with van der Waals surface area (Å²) in [5, 5.41) is 3.18. The molecule has 1 heterocycles. The van der Waals surface area contributed by atoms with E-state index in [-0.39, 0.29) is 0 Å². The van der Waals surface area contributed by atoms with Crippen molar-refractivity contribution < 1.29 is 0 Å². The molecule has 3 aromatic rings. The Balaban J connectivity index is 2.31. The Morgan fingerprint density at radius 1 is 1.00 bits per heavy atom. The van der Waals surface area contributed by atoms with Gasteiger partial charge in [0.2, 0.25) is 0 Å². The van der Waals surface area contributed by atoms with Crippen molar-refractivity contribution in [3.05, 3.63) is 65.4 Å². The average Bonchev–Trinajstić information content (AvgIpc) is 2.46. The van der Waals surface area contributed by atoms with Gasteiger partial charge < -0.3 is 0 Å². The molecule has 3 rings (SSSR count). The number of rotatable bonds is 2. The summed E-state index contributed by atoms with van der Waals surface area (Å²) in [4.78, 5) is 4.20. The Morgan fingerprint density at radius 3 is 2.65 bits per heavy atom. The number of benzene rings is 2. The van der Waals surface area contributed by atoms with Gasteiger partial charge in [-0.05, 0) is 46.2 Å². The molecule has 0 aliphatic rings. The predicted octanol–water partition coefficient (Wildman–Crippen LogP) is 5.68. The second-order valence-electron chi connectivity index (χ2n) is 5.29. The van der Waals surface area contributed by atoms with E-state index < -0.39 is 0 Å². The number of fused-ring (bicyclic) bond motifs is 1. The van der Waals surface area contributed by atoms with Crippen molar-refractivity contribution in [2.45, 2.75) is 19.8 Å². The third-order valence-corrected chi connectivity index (χ3v) is 3.84. The molecule has 1 aromatic heterocycles. The van der Waals surface area contributed by atoms with Crippen LogP contribution in [0.2, 0.25) is 5.02 Å². The predicted molar refractivity (Wildman–Crippen MR) is 86.3 cm³/mol. The van der Waals surface area contributed by atoms with Crippen LogP contribution in [0.1, 0.15) is 25.3 Å². The van der Waals surface area contributed by atoms with Crippen LogP contribution < -0.4 is 0 Å². The van der Waals surface area contributed by atoms with Gasteiger partial charge in [-0.2, -0.15) is 0 Å². The van der Waals surface area contributed by atoms with Crippen LogP contribution in [0.25, 0.3) is 21.9 Å². The second-order valence-corrected chi connectivity index (χ2v) is 5.73. The van der Waals surface area contributed by atoms with E-state index in [1.807, 2.05) is 18.5 Å². The molecule has 0 saturated heterocycles. The first-order valence-corrected chi connectivity index (χ1v) is 7.17. The number of pyridine rings is 1. The summed E-state index contributed by atoms with van der Waals surface area (Å²) in [6.07, 6.45) is 3.75. The summed E-state index contributed by atoms with van der Waals surface area (Å²) in [5.74, 6) is 0.431. The normalized spacial score (nSPS) is 11.2. The fourth-order valence-corrected chi connectivity index (χ4v) is 2.79. The molecule has 0 N–H and O–H groups in total. The van der Waals surface area contributed by atoms with Crippen LogP contribution in [0.4, 0.5) is 0 Å². The van der Waals surface area contributed by atoms with Gasteiger partial charge in [0.05, 0.1) is 0 Å². The largest absolute Gasteiger partial charge is 0.264 e. The summed E-state index contributed by atoms with van der Waals surface area (Å²) < 4.78 is 0. The highest BCUT2D eigenvalue weighted by atomic mass is 35.5. The van der Waals surface area contributed by atoms with Crippen LogP contribution >= 0.6 is 11.6 Å². The first-order chi connectivity index (χ1) is 9.66. The monoisotopic (exact) mass is 281 g/mol. The molecule has 0 aliphatic heterocycles. The van der Waals surface area contributed by atoms with Gasteiger partial charge in [0.25, 0.3) is 0 Å². The molecule has 0 bridgehead atoms. The maximum atomic E-state index is 6.16. The summed E-state index contributed by atoms with van der Waals surface area (Å²) in [6.45, 7) is 4.39. The van der Waals surface area contributed by atoms with E-state index in [9.17, 15) is 0 Å². The number of nitrogens with zero attached hydrogens (tertiary/aromatic N) is 1. The van der Waals surface area contributed by atoms with Crippen LogP contribution in [0.3, 0.4) is 0 Å². The van der Waals surface area contributed by atoms with Crippen molar-refractivity contribution >= 4 is 22.4 Å². The number of aromatic nitrogens is 1. The Hall–Kier alpha value is -1.86. The molecule has 20 heavy (non-hydrogen) atoms. The molecule has 0 saturated carbocycles. The standard InChI is InChI=1S/C18H16ClN/c1-12(2)18-10-14(19)6-7-17(18)16-5-3-4-13-11-20-9-8-15(13)16/h3-12H,1-2H3. The summed E-state index contributed by atoms with van der Waals surface area (Å²) in [5.41, 5.74) is 3.77. The Kier molecular flexibility index (Phi) is 3.45. The molecule has 1 nitrogen and oxygen atoms in total. The zero-order valence-electron chi connectivity index (χ0n) is 11.6. The molecule has 100 valence electrons. The smallest absolute Gasteiger partial charge is 0.0409 e. The first-order valence-electron chi connectivity index (χ1n) is 6.79. The molecular formula is C18H16ClN. The van der Waals surface area contributed by atoms with Gasteiger partial charge in [-0.15, -0.1) is 0 Å². The molecule has 0 unspecified atom stereocenters. The van der Waals surface area contributed by atoms with E-state index in [1.165, 1.54) is 22.1 Å². The van der Waals surface area contributed by atoms with E-state index in [2.05, 4.69) is 55.2 Å². The van der Waals surface area contributed by atoms with E-state index in [1.54, 1.807) is 0 Å². The molecule has 0 fully saturated rings. The van der Waals surface area contributed by atoms with E-state index in [4.69, 9.17) is 11.6 Å². The highest BCUT2D eigenvalue weighted by molar-refractivity contribution is 6.30. The summed E-state index contributed by atoms with van der Waals surface area (Å²) in [6, 6.07) is 14.6. The number of hydrogen-bond donors (Lipinski definition) is 0. The van der Waals surface area contributed by atoms with Gasteiger partial charge in [0, 0.05) is 22.8 Å². The zero-order chi connectivity index (χ0) is 14.1. The van der Waals surface area contributed by atoms with Gasteiger partial charge in [-0.3, -0.25) is 4.98 Å². The summed E-state index contributed by atoms with van der Waals surface area (Å²) in [7, 11) is 0. The SMILES string of the molecule is CC(C)c1cc(Cl)ccc1-c1cccc2cnccc12. The van der Waals surface area contributed by atoms with Gasteiger partial charge in [0.1, 0.15) is 0 Å². The maximum absolute atomic E-state index is 6.16. The molecule has 0 aliphatic carbocycles. The first kappa shape index (κ1) is 13.1. The van der Waals surface area contributed by atoms with Crippen LogP contribution in [-0.2, 0) is 0 Å². The fourth-order valence-electron chi connectivity index (χ4n) is 2.61. The minimum atomic E-state index is 0.431. The molecular weight excluding hydrogens is 266 g/mol. The van der Waals surface area contributed by atoms with Crippen molar-refractivity contribution in [1.29, 1.82) is 0 Å². The Morgan fingerprint density at radius 2 is 1.85 bits per heavy atom. The maximum Gasteiger partial charge on any atom is 0.0409 e. The third kappa shape index (κ3) is 2.30. The van der Waals surface area contributed by atoms with Crippen LogP contribution in [0, 0.1) is 0 Å². The lowest BCUT2D eigenvalue weighted by Crippen LogP contribution is -1.93. The minimum absolute atomic E-state index is 0.431. The highest BCUT2D eigenvalue weighted by Crippen LogP contribution is 2.35. The van der Waals surface area contributed by atoms with Crippen LogP contribution in [0.5, 0.6) is 0 Å². The van der Waals surface area contributed by atoms with E-state index in [0.717, 1.165) is 10.4 Å². The Labute approximate surface area is 124 Å². The summed E-state index contributed by atoms with van der Waals surface area (Å²) >= 11 is 6.16. The van der Waals surface area contributed by atoms with Crippen LogP contribution in [-0.4, -0.2) is 4.98 Å². The lowest BCUT2D eigenvalue weighted by atomic mass is 9.90. The molecule has 2 heteroatoms. The number of hydrogen-bond acceptors (Lipinski definition) is 1. The Bertz CT molecular complexity index is 757. The van der Waals surface area contributed by atoms with Gasteiger partial charge in [0.15, 0.2) is 0 Å². The third-order valence-electron chi connectivity index (χ3n) is 3.61. The molecule has 0 spiro atoms. The van der Waals surface area contributed by atoms with Gasteiger partial charge in [-0.25, -0.2) is 0 Å². The second kappa shape index (κ2) is 5.26. The average molecular weight is 282 g/mol. The van der Waals surface area contributed by atoms with E-state index in [0.29, 0.717) is 5.92 Å². The minimum Gasteiger partial charge on any atom is -0.264 e. The highest BCUT2D eigenvalue weighted by Gasteiger charge is 2.11. The molecule has 0 radical (unpaired) electrons. The topological polar surface area (TPSA) is 12.9 Å². The molecule has 2 aromatic carbocycles. The zero-order valence-corrected chi connectivity index (χ0v) is 12.4. The van der Waals surface area contributed by atoms with Crippen LogP contribution in [0.15, 0.2) is 54.9 Å². The van der Waals surface area contributed by atoms with Crippen molar-refractivity contribution in [3.8, 4) is 11.1 Å². The van der Waals surface area contributed by atoms with Crippen molar-refractivity contribution in [2.24, 2.45) is 0 Å². The van der Waals surface area contributed by atoms with Gasteiger partial charge in [-0.1, -0.05) is 49.7 Å². The van der Waals surface area contributed by atoms with Crippen molar-refractivity contribution in [1.82, 2.24) is 4.98 Å². The lowest BCUT2D eigenvalue weighted by Gasteiger charge is -2.15. The van der Waals surface area contributed by atoms with E-state index >= 15 is 0 Å². The molecule has 0 amide bonds. The van der Waals surface area contributed by atoms with Gasteiger partial charge >= 0.3 is 0 Å². The van der Waals surface area contributed by atoms with Crippen molar-refractivity contribution in [3.63, 3.8) is 0 Å². The fraction of sp³-hybridized carbons (Fsp3) is 0.167. The number of halogens is 1. The lowest BCUT2D eigenvalue weighted by molar-refractivity contribution is 0.869.